The minimum absolute atomic E-state index is 0.164. The molecule has 2 rings (SSSR count). The molecular formula is C15H28N4O2. The summed E-state index contributed by atoms with van der Waals surface area (Å²) >= 11 is 0. The van der Waals surface area contributed by atoms with Gasteiger partial charge in [0.25, 0.3) is 0 Å². The van der Waals surface area contributed by atoms with Crippen LogP contribution in [0.1, 0.15) is 45.4 Å². The molecule has 1 saturated heterocycles. The lowest BCUT2D eigenvalue weighted by Gasteiger charge is -2.33. The first-order chi connectivity index (χ1) is 10.1. The molecule has 1 aliphatic rings. The van der Waals surface area contributed by atoms with Crippen molar-refractivity contribution < 1.29 is 9.84 Å². The fraction of sp³-hybridized carbons (Fsp3) is 0.867. The Morgan fingerprint density at radius 1 is 1.48 bits per heavy atom. The van der Waals surface area contributed by atoms with Crippen molar-refractivity contribution in [2.75, 3.05) is 26.2 Å². The average Bonchev–Trinajstić information content (AvgIpc) is 2.94. The van der Waals surface area contributed by atoms with E-state index in [0.29, 0.717) is 19.1 Å². The second kappa shape index (κ2) is 7.87. The SMILES string of the molecule is CCn1cnnc1C1CCCN(CC(O)COC(C)C)C1. The molecule has 0 saturated carbocycles. The van der Waals surface area contributed by atoms with Gasteiger partial charge in [0, 0.05) is 25.6 Å². The summed E-state index contributed by atoms with van der Waals surface area (Å²) in [6, 6.07) is 0. The molecule has 0 aliphatic carbocycles. The summed E-state index contributed by atoms with van der Waals surface area (Å²) in [4.78, 5) is 2.32. The average molecular weight is 296 g/mol. The highest BCUT2D eigenvalue weighted by Crippen LogP contribution is 2.25. The standard InChI is InChI=1S/C15H28N4O2/c1-4-19-11-16-17-15(19)13-6-5-7-18(8-13)9-14(20)10-21-12(2)3/h11-14,20H,4-10H2,1-3H3. The highest BCUT2D eigenvalue weighted by atomic mass is 16.5. The molecule has 0 radical (unpaired) electrons. The molecule has 0 amide bonds. The zero-order chi connectivity index (χ0) is 15.2. The van der Waals surface area contributed by atoms with E-state index in [1.165, 1.54) is 0 Å². The second-order valence-electron chi connectivity index (χ2n) is 6.11. The van der Waals surface area contributed by atoms with Crippen LogP contribution in [0.4, 0.5) is 0 Å². The molecule has 1 aliphatic heterocycles. The van der Waals surface area contributed by atoms with Crippen LogP contribution in [0.25, 0.3) is 0 Å². The van der Waals surface area contributed by atoms with E-state index in [1.54, 1.807) is 6.33 Å². The molecule has 0 aromatic carbocycles. The Bertz CT molecular complexity index is 422. The number of likely N-dealkylation sites (tertiary alicyclic amines) is 1. The zero-order valence-electron chi connectivity index (χ0n) is 13.4. The quantitative estimate of drug-likeness (QED) is 0.821. The molecule has 0 spiro atoms. The topological polar surface area (TPSA) is 63.4 Å². The van der Waals surface area contributed by atoms with E-state index in [2.05, 4.69) is 26.6 Å². The second-order valence-corrected chi connectivity index (χ2v) is 6.11. The number of rotatable bonds is 7. The molecule has 2 heterocycles. The molecule has 120 valence electrons. The van der Waals surface area contributed by atoms with Crippen molar-refractivity contribution in [1.82, 2.24) is 19.7 Å². The van der Waals surface area contributed by atoms with E-state index in [0.717, 1.165) is 38.3 Å². The Kier molecular flexibility index (Phi) is 6.14. The summed E-state index contributed by atoms with van der Waals surface area (Å²) < 4.78 is 7.60. The van der Waals surface area contributed by atoms with Crippen LogP contribution in [0.5, 0.6) is 0 Å². The van der Waals surface area contributed by atoms with Crippen LogP contribution in [0.3, 0.4) is 0 Å². The van der Waals surface area contributed by atoms with Crippen LogP contribution in [0.15, 0.2) is 6.33 Å². The fourth-order valence-electron chi connectivity index (χ4n) is 2.91. The molecule has 2 unspecified atom stereocenters. The van der Waals surface area contributed by atoms with Gasteiger partial charge in [-0.15, -0.1) is 10.2 Å². The first-order valence-electron chi connectivity index (χ1n) is 7.99. The molecular weight excluding hydrogens is 268 g/mol. The number of hydrogen-bond acceptors (Lipinski definition) is 5. The van der Waals surface area contributed by atoms with Gasteiger partial charge in [0.05, 0.1) is 18.8 Å². The van der Waals surface area contributed by atoms with Gasteiger partial charge in [-0.2, -0.15) is 0 Å². The van der Waals surface area contributed by atoms with Gasteiger partial charge >= 0.3 is 0 Å². The molecule has 2 atom stereocenters. The molecule has 1 aromatic heterocycles. The Hall–Kier alpha value is -0.980. The van der Waals surface area contributed by atoms with E-state index >= 15 is 0 Å². The highest BCUT2D eigenvalue weighted by Gasteiger charge is 2.26. The van der Waals surface area contributed by atoms with Crippen molar-refractivity contribution in [2.45, 2.75) is 58.3 Å². The van der Waals surface area contributed by atoms with E-state index in [-0.39, 0.29) is 6.10 Å². The number of hydrogen-bond donors (Lipinski definition) is 1. The largest absolute Gasteiger partial charge is 0.389 e. The van der Waals surface area contributed by atoms with Gasteiger partial charge in [0.15, 0.2) is 0 Å². The van der Waals surface area contributed by atoms with Gasteiger partial charge in [-0.05, 0) is 40.2 Å². The molecule has 6 nitrogen and oxygen atoms in total. The van der Waals surface area contributed by atoms with Gasteiger partial charge < -0.3 is 14.4 Å². The van der Waals surface area contributed by atoms with Crippen molar-refractivity contribution in [3.05, 3.63) is 12.2 Å². The fourth-order valence-corrected chi connectivity index (χ4v) is 2.91. The van der Waals surface area contributed by atoms with Crippen molar-refractivity contribution >= 4 is 0 Å². The van der Waals surface area contributed by atoms with E-state index in [4.69, 9.17) is 4.74 Å². The minimum Gasteiger partial charge on any atom is -0.389 e. The number of piperidine rings is 1. The van der Waals surface area contributed by atoms with Crippen LogP contribution in [-0.4, -0.2) is 63.2 Å². The molecule has 0 bridgehead atoms. The van der Waals surface area contributed by atoms with E-state index in [9.17, 15) is 5.11 Å². The monoisotopic (exact) mass is 296 g/mol. The molecule has 1 N–H and O–H groups in total. The number of β-amino-alcohol motifs (C(OH)–C–C–N with tert-alkyl or cyclic N) is 1. The maximum atomic E-state index is 10.1. The van der Waals surface area contributed by atoms with Gasteiger partial charge in [0.2, 0.25) is 0 Å². The summed E-state index contributed by atoms with van der Waals surface area (Å²) in [5, 5.41) is 18.4. The number of nitrogens with zero attached hydrogens (tertiary/aromatic N) is 4. The van der Waals surface area contributed by atoms with Crippen molar-refractivity contribution in [3.8, 4) is 0 Å². The summed E-state index contributed by atoms with van der Waals surface area (Å²) in [5.74, 6) is 1.49. The van der Waals surface area contributed by atoms with Crippen LogP contribution in [0, 0.1) is 0 Å². The summed E-state index contributed by atoms with van der Waals surface area (Å²) in [7, 11) is 0. The summed E-state index contributed by atoms with van der Waals surface area (Å²) in [5.41, 5.74) is 0. The van der Waals surface area contributed by atoms with Gasteiger partial charge in [-0.25, -0.2) is 0 Å². The summed E-state index contributed by atoms with van der Waals surface area (Å²) in [6.45, 7) is 10.0. The van der Waals surface area contributed by atoms with Crippen molar-refractivity contribution in [1.29, 1.82) is 0 Å². The first kappa shape index (κ1) is 16.4. The lowest BCUT2D eigenvalue weighted by atomic mass is 9.97. The van der Waals surface area contributed by atoms with E-state index in [1.807, 2.05) is 13.8 Å². The Balaban J connectivity index is 1.86. The lowest BCUT2D eigenvalue weighted by molar-refractivity contribution is -0.0117. The minimum atomic E-state index is -0.421. The van der Waals surface area contributed by atoms with Crippen LogP contribution in [0.2, 0.25) is 0 Å². The van der Waals surface area contributed by atoms with Crippen LogP contribution in [-0.2, 0) is 11.3 Å². The maximum absolute atomic E-state index is 10.1. The predicted octanol–water partition coefficient (Wildman–Crippen LogP) is 1.26. The molecule has 21 heavy (non-hydrogen) atoms. The number of aliphatic hydroxyl groups is 1. The first-order valence-corrected chi connectivity index (χ1v) is 7.99. The predicted molar refractivity (Wildman–Crippen MR) is 81.2 cm³/mol. The third kappa shape index (κ3) is 4.76. The van der Waals surface area contributed by atoms with Gasteiger partial charge in [-0.3, -0.25) is 4.90 Å². The lowest BCUT2D eigenvalue weighted by Crippen LogP contribution is -2.41. The Labute approximate surface area is 127 Å². The van der Waals surface area contributed by atoms with Crippen molar-refractivity contribution in [3.63, 3.8) is 0 Å². The third-order valence-corrected chi connectivity index (χ3v) is 3.95. The normalized spacial score (nSPS) is 21.9. The number of ether oxygens (including phenoxy) is 1. The summed E-state index contributed by atoms with van der Waals surface area (Å²) in [6.07, 6.45) is 3.83. The number of aromatic nitrogens is 3. The van der Waals surface area contributed by atoms with E-state index < -0.39 is 6.10 Å². The Morgan fingerprint density at radius 2 is 2.29 bits per heavy atom. The molecule has 1 fully saturated rings. The number of aryl methyl sites for hydroxylation is 1. The van der Waals surface area contributed by atoms with Gasteiger partial charge in [0.1, 0.15) is 12.2 Å². The maximum Gasteiger partial charge on any atom is 0.137 e. The smallest absolute Gasteiger partial charge is 0.137 e. The Morgan fingerprint density at radius 3 is 3.00 bits per heavy atom. The molecule has 6 heteroatoms. The highest BCUT2D eigenvalue weighted by molar-refractivity contribution is 4.99. The van der Waals surface area contributed by atoms with Crippen molar-refractivity contribution in [2.24, 2.45) is 0 Å². The third-order valence-electron chi connectivity index (χ3n) is 3.95. The number of aliphatic hydroxyl groups excluding tert-OH is 1. The van der Waals surface area contributed by atoms with Crippen LogP contribution >= 0.6 is 0 Å². The van der Waals surface area contributed by atoms with Crippen LogP contribution < -0.4 is 0 Å². The van der Waals surface area contributed by atoms with Gasteiger partial charge in [-0.1, -0.05) is 0 Å². The zero-order valence-corrected chi connectivity index (χ0v) is 13.4. The molecule has 1 aromatic rings.